The van der Waals surface area contributed by atoms with Crippen molar-refractivity contribution in [1.29, 1.82) is 0 Å². The number of carbonyl (C=O) groups is 1. The summed E-state index contributed by atoms with van der Waals surface area (Å²) in [5, 5.41) is 0.344. The van der Waals surface area contributed by atoms with Gasteiger partial charge in [-0.15, -0.1) is 0 Å². The van der Waals surface area contributed by atoms with Gasteiger partial charge in [0.15, 0.2) is 0 Å². The third-order valence-electron chi connectivity index (χ3n) is 6.34. The first kappa shape index (κ1) is 26.8. The number of sulfone groups is 1. The molecule has 2 heterocycles. The summed E-state index contributed by atoms with van der Waals surface area (Å²) in [5.74, 6) is 0.0315. The van der Waals surface area contributed by atoms with Gasteiger partial charge in [0.25, 0.3) is 0 Å². The molecule has 1 aromatic heterocycles. The molecule has 0 saturated carbocycles. The molecule has 3 aromatic rings. The maximum Gasteiger partial charge on any atom is 0.410 e. The molecule has 1 amide bonds. The molecule has 1 fully saturated rings. The van der Waals surface area contributed by atoms with Crippen molar-refractivity contribution in [2.24, 2.45) is 0 Å². The molecular formula is C27H34FN3O5S. The van der Waals surface area contributed by atoms with Crippen molar-refractivity contribution >= 4 is 32.5 Å². The average molecular weight is 532 g/mol. The largest absolute Gasteiger partial charge is 0.495 e. The lowest BCUT2D eigenvalue weighted by molar-refractivity contribution is 0.0240. The van der Waals surface area contributed by atoms with Gasteiger partial charge < -0.3 is 23.8 Å². The summed E-state index contributed by atoms with van der Waals surface area (Å²) in [5.41, 5.74) is 0.690. The first-order valence-corrected chi connectivity index (χ1v) is 13.8. The third kappa shape index (κ3) is 5.39. The van der Waals surface area contributed by atoms with Crippen LogP contribution in [0.3, 0.4) is 0 Å². The fourth-order valence-electron chi connectivity index (χ4n) is 4.51. The fraction of sp³-hybridized carbons (Fsp3) is 0.444. The molecule has 37 heavy (non-hydrogen) atoms. The number of aromatic nitrogens is 1. The maximum absolute atomic E-state index is 14.1. The Labute approximate surface area is 217 Å². The lowest BCUT2D eigenvalue weighted by Gasteiger charge is -2.37. The Hall–Kier alpha value is -3.27. The van der Waals surface area contributed by atoms with E-state index in [-0.39, 0.29) is 21.9 Å². The van der Waals surface area contributed by atoms with Crippen LogP contribution in [0.25, 0.3) is 10.9 Å². The highest BCUT2D eigenvalue weighted by atomic mass is 32.2. The van der Waals surface area contributed by atoms with Gasteiger partial charge in [0.2, 0.25) is 9.84 Å². The number of anilines is 1. The molecule has 0 atom stereocenters. The van der Waals surface area contributed by atoms with Crippen molar-refractivity contribution in [2.45, 2.75) is 56.1 Å². The molecule has 200 valence electrons. The normalized spacial score (nSPS) is 14.9. The van der Waals surface area contributed by atoms with Crippen LogP contribution in [-0.2, 0) is 14.6 Å². The van der Waals surface area contributed by atoms with E-state index in [2.05, 4.69) is 0 Å². The smallest absolute Gasteiger partial charge is 0.410 e. The highest BCUT2D eigenvalue weighted by molar-refractivity contribution is 7.91. The maximum atomic E-state index is 14.1. The number of methoxy groups -OCH3 is 1. The zero-order chi connectivity index (χ0) is 27.1. The molecule has 1 saturated heterocycles. The Balaban J connectivity index is 1.67. The van der Waals surface area contributed by atoms with E-state index < -0.39 is 21.3 Å². The number of fused-ring (bicyclic) bond motifs is 1. The van der Waals surface area contributed by atoms with Crippen molar-refractivity contribution in [2.75, 3.05) is 38.2 Å². The van der Waals surface area contributed by atoms with Gasteiger partial charge in [0, 0.05) is 49.3 Å². The number of rotatable bonds is 5. The average Bonchev–Trinajstić information content (AvgIpc) is 3.22. The number of benzene rings is 2. The zero-order valence-corrected chi connectivity index (χ0v) is 22.9. The van der Waals surface area contributed by atoms with Crippen LogP contribution in [0.1, 0.15) is 40.7 Å². The summed E-state index contributed by atoms with van der Waals surface area (Å²) in [7, 11) is -2.45. The second kappa shape index (κ2) is 9.89. The quantitative estimate of drug-likeness (QED) is 0.447. The van der Waals surface area contributed by atoms with Crippen molar-refractivity contribution in [3.05, 3.63) is 48.4 Å². The van der Waals surface area contributed by atoms with E-state index in [0.29, 0.717) is 48.5 Å². The van der Waals surface area contributed by atoms with Gasteiger partial charge in [0.1, 0.15) is 17.2 Å². The summed E-state index contributed by atoms with van der Waals surface area (Å²) < 4.78 is 54.7. The van der Waals surface area contributed by atoms with E-state index in [4.69, 9.17) is 9.47 Å². The number of hydrogen-bond donors (Lipinski definition) is 0. The number of piperazine rings is 1. The van der Waals surface area contributed by atoms with Crippen LogP contribution in [0, 0.1) is 5.82 Å². The lowest BCUT2D eigenvalue weighted by Crippen LogP contribution is -2.50. The minimum Gasteiger partial charge on any atom is -0.495 e. The summed E-state index contributed by atoms with van der Waals surface area (Å²) in [6.45, 7) is 11.2. The van der Waals surface area contributed by atoms with E-state index in [0.717, 1.165) is 0 Å². The SMILES string of the molecule is COc1ccc(S(=O)(=O)c2cn(C(C)C)c3ccc(F)cc23)cc1N1CCN(C(=O)OC(C)(C)C)CC1. The number of hydrogen-bond acceptors (Lipinski definition) is 6. The molecule has 0 unspecified atom stereocenters. The summed E-state index contributed by atoms with van der Waals surface area (Å²) in [6.07, 6.45) is 1.21. The molecule has 8 nitrogen and oxygen atoms in total. The molecule has 0 spiro atoms. The molecule has 2 aromatic carbocycles. The number of amides is 1. The van der Waals surface area contributed by atoms with E-state index in [1.54, 1.807) is 29.3 Å². The van der Waals surface area contributed by atoms with Gasteiger partial charge >= 0.3 is 6.09 Å². The van der Waals surface area contributed by atoms with E-state index in [1.807, 2.05) is 44.1 Å². The first-order valence-electron chi connectivity index (χ1n) is 12.3. The Morgan fingerprint density at radius 1 is 1.03 bits per heavy atom. The van der Waals surface area contributed by atoms with E-state index in [1.165, 1.54) is 25.3 Å². The van der Waals surface area contributed by atoms with Crippen LogP contribution >= 0.6 is 0 Å². The molecule has 4 rings (SSSR count). The molecule has 1 aliphatic heterocycles. The number of carbonyl (C=O) groups excluding carboxylic acids is 1. The number of nitrogens with zero attached hydrogens (tertiary/aromatic N) is 3. The van der Waals surface area contributed by atoms with Crippen LogP contribution in [0.2, 0.25) is 0 Å². The topological polar surface area (TPSA) is 81.1 Å². The Kier molecular flexibility index (Phi) is 7.16. The molecule has 10 heteroatoms. The first-order chi connectivity index (χ1) is 17.3. The summed E-state index contributed by atoms with van der Waals surface area (Å²) in [4.78, 5) is 16.2. The molecule has 0 N–H and O–H groups in total. The Bertz CT molecular complexity index is 1420. The molecule has 0 radical (unpaired) electrons. The van der Waals surface area contributed by atoms with Crippen LogP contribution in [0.5, 0.6) is 5.75 Å². The highest BCUT2D eigenvalue weighted by Crippen LogP contribution is 2.37. The zero-order valence-electron chi connectivity index (χ0n) is 22.1. The second-order valence-electron chi connectivity index (χ2n) is 10.4. The van der Waals surface area contributed by atoms with Crippen LogP contribution < -0.4 is 9.64 Å². The Morgan fingerprint density at radius 3 is 2.30 bits per heavy atom. The van der Waals surface area contributed by atoms with Gasteiger partial charge in [-0.1, -0.05) is 0 Å². The molecular weight excluding hydrogens is 497 g/mol. The third-order valence-corrected chi connectivity index (χ3v) is 8.12. The van der Waals surface area contributed by atoms with Gasteiger partial charge in [-0.05, 0) is 71.0 Å². The van der Waals surface area contributed by atoms with Crippen LogP contribution in [0.15, 0.2) is 52.4 Å². The van der Waals surface area contributed by atoms with Crippen LogP contribution in [-0.4, -0.2) is 62.9 Å². The summed E-state index contributed by atoms with van der Waals surface area (Å²) >= 11 is 0. The predicted octanol–water partition coefficient (Wildman–Crippen LogP) is 5.26. The molecule has 0 bridgehead atoms. The number of halogens is 1. The van der Waals surface area contributed by atoms with Gasteiger partial charge in [0.05, 0.1) is 22.6 Å². The lowest BCUT2D eigenvalue weighted by atomic mass is 10.2. The second-order valence-corrected chi connectivity index (χ2v) is 12.4. The number of ether oxygens (including phenoxy) is 2. The van der Waals surface area contributed by atoms with Gasteiger partial charge in [-0.25, -0.2) is 17.6 Å². The van der Waals surface area contributed by atoms with E-state index >= 15 is 0 Å². The monoisotopic (exact) mass is 531 g/mol. The van der Waals surface area contributed by atoms with E-state index in [9.17, 15) is 17.6 Å². The standard InChI is InChI=1S/C27H34FN3O5S/c1-18(2)31-17-25(21-15-19(28)7-9-22(21)31)37(33,34)20-8-10-24(35-6)23(16-20)29-11-13-30(14-12-29)26(32)36-27(3,4)5/h7-10,15-18H,11-14H2,1-6H3. The minimum atomic E-state index is -3.98. The minimum absolute atomic E-state index is 0.00962. The van der Waals surface area contributed by atoms with Crippen molar-refractivity contribution in [3.63, 3.8) is 0 Å². The highest BCUT2D eigenvalue weighted by Gasteiger charge is 2.29. The summed E-state index contributed by atoms with van der Waals surface area (Å²) in [6, 6.07) is 8.92. The van der Waals surface area contributed by atoms with Crippen LogP contribution in [0.4, 0.5) is 14.9 Å². The Morgan fingerprint density at radius 2 is 1.70 bits per heavy atom. The molecule has 0 aliphatic carbocycles. The van der Waals surface area contributed by atoms with Gasteiger partial charge in [-0.2, -0.15) is 0 Å². The predicted molar refractivity (Wildman–Crippen MR) is 141 cm³/mol. The van der Waals surface area contributed by atoms with Crippen molar-refractivity contribution in [1.82, 2.24) is 9.47 Å². The molecule has 1 aliphatic rings. The fourth-order valence-corrected chi connectivity index (χ4v) is 5.98. The van der Waals surface area contributed by atoms with Crippen molar-refractivity contribution in [3.8, 4) is 5.75 Å². The van der Waals surface area contributed by atoms with Crippen molar-refractivity contribution < 1.29 is 27.1 Å². The van der Waals surface area contributed by atoms with Gasteiger partial charge in [-0.3, -0.25) is 0 Å².